The number of carbonyl (C=O) groups excluding carboxylic acids is 2. The number of hydrogen-bond acceptors (Lipinski definition) is 4. The number of nitrogens with zero attached hydrogens (tertiary/aromatic N) is 1. The molecule has 0 aliphatic heterocycles. The van der Waals surface area contributed by atoms with Crippen LogP contribution < -0.4 is 0 Å². The quantitative estimate of drug-likeness (QED) is 0.350. The van der Waals surface area contributed by atoms with Crippen molar-refractivity contribution < 1.29 is 19.1 Å². The summed E-state index contributed by atoms with van der Waals surface area (Å²) in [6, 6.07) is 0. The Kier molecular flexibility index (Phi) is 11.1. The Morgan fingerprint density at radius 1 is 0.793 bits per heavy atom. The standard InChI is InChI=1S/C24H45NO4/c1-7-8-9-10-11-12-16-19-25(21(26)28-23(2,3)4)22(27)29-24(5,6)20-17-14-13-15-18-20/h20H,7-19H2,1-6H3. The third-order valence-corrected chi connectivity index (χ3v) is 5.76. The van der Waals surface area contributed by atoms with Crippen molar-refractivity contribution in [3.05, 3.63) is 0 Å². The van der Waals surface area contributed by atoms with Crippen LogP contribution in [0.1, 0.15) is 119 Å². The van der Waals surface area contributed by atoms with Crippen LogP contribution in [0.15, 0.2) is 0 Å². The molecule has 0 aromatic carbocycles. The van der Waals surface area contributed by atoms with Gasteiger partial charge in [0.15, 0.2) is 0 Å². The zero-order chi connectivity index (χ0) is 21.9. The van der Waals surface area contributed by atoms with Crippen LogP contribution >= 0.6 is 0 Å². The molecule has 1 fully saturated rings. The zero-order valence-corrected chi connectivity index (χ0v) is 19.8. The molecular weight excluding hydrogens is 366 g/mol. The summed E-state index contributed by atoms with van der Waals surface area (Å²) in [6.07, 6.45) is 12.5. The lowest BCUT2D eigenvalue weighted by Gasteiger charge is -2.37. The summed E-state index contributed by atoms with van der Waals surface area (Å²) < 4.78 is 11.3. The van der Waals surface area contributed by atoms with Crippen LogP contribution in [0, 0.1) is 5.92 Å². The average Bonchev–Trinajstić information content (AvgIpc) is 2.62. The number of carbonyl (C=O) groups is 2. The van der Waals surface area contributed by atoms with Gasteiger partial charge < -0.3 is 9.47 Å². The second-order valence-electron chi connectivity index (χ2n) is 10.1. The van der Waals surface area contributed by atoms with Crippen molar-refractivity contribution in [1.29, 1.82) is 0 Å². The van der Waals surface area contributed by atoms with Gasteiger partial charge in [-0.25, -0.2) is 14.5 Å². The molecular formula is C24H45NO4. The van der Waals surface area contributed by atoms with E-state index in [2.05, 4.69) is 6.92 Å². The molecule has 0 radical (unpaired) electrons. The van der Waals surface area contributed by atoms with Gasteiger partial charge in [-0.3, -0.25) is 0 Å². The fraction of sp³-hybridized carbons (Fsp3) is 0.917. The van der Waals surface area contributed by atoms with Gasteiger partial charge in [-0.15, -0.1) is 0 Å². The Labute approximate surface area is 178 Å². The Balaban J connectivity index is 2.65. The molecule has 0 unspecified atom stereocenters. The third-order valence-electron chi connectivity index (χ3n) is 5.76. The summed E-state index contributed by atoms with van der Waals surface area (Å²) in [6.45, 7) is 11.9. The summed E-state index contributed by atoms with van der Waals surface area (Å²) in [5, 5.41) is 0. The SMILES string of the molecule is CCCCCCCCCN(C(=O)OC(C)(C)C)C(=O)OC(C)(C)C1CCCCC1. The van der Waals surface area contributed by atoms with Crippen molar-refractivity contribution >= 4 is 12.2 Å². The lowest BCUT2D eigenvalue weighted by molar-refractivity contribution is -0.0389. The van der Waals surface area contributed by atoms with Crippen LogP contribution in [-0.2, 0) is 9.47 Å². The number of amides is 2. The van der Waals surface area contributed by atoms with E-state index >= 15 is 0 Å². The van der Waals surface area contributed by atoms with E-state index in [0.717, 1.165) is 32.1 Å². The van der Waals surface area contributed by atoms with E-state index in [9.17, 15) is 9.59 Å². The maximum Gasteiger partial charge on any atom is 0.419 e. The highest BCUT2D eigenvalue weighted by atomic mass is 16.6. The monoisotopic (exact) mass is 411 g/mol. The Morgan fingerprint density at radius 2 is 1.31 bits per heavy atom. The van der Waals surface area contributed by atoms with Gasteiger partial charge in [-0.1, -0.05) is 64.7 Å². The summed E-state index contributed by atoms with van der Waals surface area (Å²) >= 11 is 0. The van der Waals surface area contributed by atoms with Crippen LogP contribution in [0.3, 0.4) is 0 Å². The molecule has 170 valence electrons. The minimum absolute atomic E-state index is 0.347. The Bertz CT molecular complexity index is 490. The normalized spacial score (nSPS) is 15.8. The first-order valence-corrected chi connectivity index (χ1v) is 11.8. The largest absolute Gasteiger partial charge is 0.443 e. The molecule has 0 bridgehead atoms. The highest BCUT2D eigenvalue weighted by Gasteiger charge is 2.37. The van der Waals surface area contributed by atoms with Gasteiger partial charge in [0.25, 0.3) is 0 Å². The van der Waals surface area contributed by atoms with E-state index < -0.39 is 23.4 Å². The predicted molar refractivity (Wildman–Crippen MR) is 118 cm³/mol. The van der Waals surface area contributed by atoms with Crippen molar-refractivity contribution in [3.8, 4) is 0 Å². The van der Waals surface area contributed by atoms with Crippen LogP contribution in [0.2, 0.25) is 0 Å². The van der Waals surface area contributed by atoms with Gasteiger partial charge in [0.05, 0.1) is 0 Å². The van der Waals surface area contributed by atoms with E-state index in [4.69, 9.17) is 9.47 Å². The molecule has 1 aliphatic rings. The maximum absolute atomic E-state index is 12.9. The van der Waals surface area contributed by atoms with Crippen LogP contribution in [0.4, 0.5) is 9.59 Å². The number of hydrogen-bond donors (Lipinski definition) is 0. The summed E-state index contributed by atoms with van der Waals surface area (Å²) in [5.41, 5.74) is -1.22. The third kappa shape index (κ3) is 10.4. The minimum Gasteiger partial charge on any atom is -0.443 e. The van der Waals surface area contributed by atoms with Crippen molar-refractivity contribution in [3.63, 3.8) is 0 Å². The van der Waals surface area contributed by atoms with Gasteiger partial charge in [-0.2, -0.15) is 0 Å². The molecule has 1 rings (SSSR count). The van der Waals surface area contributed by atoms with Crippen LogP contribution in [0.25, 0.3) is 0 Å². The number of ether oxygens (including phenoxy) is 2. The van der Waals surface area contributed by atoms with Gasteiger partial charge in [0.2, 0.25) is 0 Å². The number of unbranched alkanes of at least 4 members (excludes halogenated alkanes) is 6. The van der Waals surface area contributed by atoms with Crippen molar-refractivity contribution in [2.75, 3.05) is 6.54 Å². The fourth-order valence-corrected chi connectivity index (χ4v) is 3.96. The first-order valence-electron chi connectivity index (χ1n) is 11.8. The van der Waals surface area contributed by atoms with E-state index in [0.29, 0.717) is 12.5 Å². The molecule has 0 aromatic heterocycles. The Hall–Kier alpha value is -1.26. The van der Waals surface area contributed by atoms with E-state index in [-0.39, 0.29) is 0 Å². The summed E-state index contributed by atoms with van der Waals surface area (Å²) in [4.78, 5) is 26.8. The minimum atomic E-state index is -0.644. The molecule has 1 saturated carbocycles. The van der Waals surface area contributed by atoms with Crippen LogP contribution in [0.5, 0.6) is 0 Å². The molecule has 0 heterocycles. The molecule has 0 atom stereocenters. The molecule has 1 aliphatic carbocycles. The molecule has 0 N–H and O–H groups in total. The molecule has 0 saturated heterocycles. The molecule has 0 aromatic rings. The zero-order valence-electron chi connectivity index (χ0n) is 19.8. The van der Waals surface area contributed by atoms with E-state index in [1.165, 1.54) is 49.8 Å². The topological polar surface area (TPSA) is 55.8 Å². The van der Waals surface area contributed by atoms with Crippen molar-refractivity contribution in [2.45, 2.75) is 130 Å². The predicted octanol–water partition coefficient (Wildman–Crippen LogP) is 7.47. The molecule has 5 heteroatoms. The molecule has 29 heavy (non-hydrogen) atoms. The van der Waals surface area contributed by atoms with E-state index in [1.54, 1.807) is 0 Å². The highest BCUT2D eigenvalue weighted by molar-refractivity contribution is 5.88. The maximum atomic E-state index is 12.9. The van der Waals surface area contributed by atoms with Crippen molar-refractivity contribution in [2.24, 2.45) is 5.92 Å². The first kappa shape index (κ1) is 25.8. The second-order valence-corrected chi connectivity index (χ2v) is 10.1. The smallest absolute Gasteiger partial charge is 0.419 e. The second kappa shape index (κ2) is 12.4. The van der Waals surface area contributed by atoms with E-state index in [1.807, 2.05) is 34.6 Å². The summed E-state index contributed by atoms with van der Waals surface area (Å²) in [5.74, 6) is 0.347. The molecule has 0 spiro atoms. The first-order chi connectivity index (χ1) is 13.6. The van der Waals surface area contributed by atoms with Gasteiger partial charge in [-0.05, 0) is 59.8 Å². The molecule has 2 amide bonds. The lowest BCUT2D eigenvalue weighted by Crippen LogP contribution is -2.46. The fourth-order valence-electron chi connectivity index (χ4n) is 3.96. The summed E-state index contributed by atoms with van der Waals surface area (Å²) in [7, 11) is 0. The van der Waals surface area contributed by atoms with Crippen molar-refractivity contribution in [1.82, 2.24) is 4.90 Å². The number of rotatable bonds is 10. The van der Waals surface area contributed by atoms with Gasteiger partial charge in [0.1, 0.15) is 11.2 Å². The lowest BCUT2D eigenvalue weighted by atomic mass is 9.79. The average molecular weight is 412 g/mol. The van der Waals surface area contributed by atoms with Gasteiger partial charge >= 0.3 is 12.2 Å². The van der Waals surface area contributed by atoms with Gasteiger partial charge in [0, 0.05) is 6.54 Å². The Morgan fingerprint density at radius 3 is 1.86 bits per heavy atom. The molecule has 5 nitrogen and oxygen atoms in total. The van der Waals surface area contributed by atoms with Crippen LogP contribution in [-0.4, -0.2) is 34.8 Å². The highest BCUT2D eigenvalue weighted by Crippen LogP contribution is 2.35. The number of imide groups is 1.